The van der Waals surface area contributed by atoms with Gasteiger partial charge < -0.3 is 8.98 Å². The van der Waals surface area contributed by atoms with E-state index in [9.17, 15) is 0 Å². The molecule has 0 N–H and O–H groups in total. The van der Waals surface area contributed by atoms with Crippen LogP contribution in [0.3, 0.4) is 0 Å². The summed E-state index contributed by atoms with van der Waals surface area (Å²) in [6, 6.07) is 12.1. The van der Waals surface area contributed by atoms with Crippen LogP contribution in [0, 0.1) is 0 Å². The molecule has 0 aliphatic heterocycles. The van der Waals surface area contributed by atoms with Gasteiger partial charge in [0.1, 0.15) is 10.7 Å². The minimum Gasteiger partial charge on any atom is -0.463 e. The van der Waals surface area contributed by atoms with E-state index in [0.29, 0.717) is 0 Å². The Hall–Kier alpha value is -2.86. The number of fused-ring (bicyclic) bond motifs is 2. The molecule has 0 aliphatic carbocycles. The van der Waals surface area contributed by atoms with Crippen molar-refractivity contribution in [3.8, 4) is 22.0 Å². The topological polar surface area (TPSA) is 48.3 Å². The maximum Gasteiger partial charge on any atom is 0.213 e. The Kier molecular flexibility index (Phi) is 2.51. The number of hydrogen-bond donors (Lipinski definition) is 0. The Morgan fingerprint density at radius 1 is 1.09 bits per heavy atom. The van der Waals surface area contributed by atoms with Crippen LogP contribution in [-0.4, -0.2) is 19.2 Å². The lowest BCUT2D eigenvalue weighted by atomic mass is 10.2. The second-order valence-electron chi connectivity index (χ2n) is 5.41. The number of nitrogens with zero attached hydrogens (tertiary/aromatic N) is 4. The van der Waals surface area contributed by atoms with Crippen LogP contribution in [0.5, 0.6) is 0 Å². The van der Waals surface area contributed by atoms with Crippen LogP contribution < -0.4 is 0 Å². The highest BCUT2D eigenvalue weighted by Crippen LogP contribution is 2.33. The smallest absolute Gasteiger partial charge is 0.213 e. The molecule has 0 saturated carbocycles. The third kappa shape index (κ3) is 1.85. The van der Waals surface area contributed by atoms with Gasteiger partial charge >= 0.3 is 0 Å². The lowest BCUT2D eigenvalue weighted by molar-refractivity contribution is 0.580. The maximum atomic E-state index is 5.39. The van der Waals surface area contributed by atoms with Crippen LogP contribution in [0.15, 0.2) is 59.5 Å². The third-order valence-corrected chi connectivity index (χ3v) is 4.90. The number of hydrogen-bond acceptors (Lipinski definition) is 4. The zero-order valence-corrected chi connectivity index (χ0v) is 13.1. The molecule has 0 atom stereocenters. The number of para-hydroxylation sites is 1. The summed E-state index contributed by atoms with van der Waals surface area (Å²) in [7, 11) is 2.06. The Bertz CT molecular complexity index is 1100. The van der Waals surface area contributed by atoms with E-state index in [4.69, 9.17) is 9.52 Å². The molecule has 112 valence electrons. The summed E-state index contributed by atoms with van der Waals surface area (Å²) in [4.78, 5) is 5.47. The fourth-order valence-corrected chi connectivity index (χ4v) is 3.77. The van der Waals surface area contributed by atoms with Crippen molar-refractivity contribution in [2.75, 3.05) is 0 Å². The van der Waals surface area contributed by atoms with Gasteiger partial charge in [0.25, 0.3) is 0 Å². The fraction of sp³-hybridized carbons (Fsp3) is 0.0588. The minimum absolute atomic E-state index is 0.759. The first-order chi connectivity index (χ1) is 11.3. The van der Waals surface area contributed by atoms with Crippen LogP contribution in [0.2, 0.25) is 0 Å². The monoisotopic (exact) mass is 320 g/mol. The molecule has 0 amide bonds. The molecule has 4 aromatic heterocycles. The van der Waals surface area contributed by atoms with Gasteiger partial charge in [-0.15, -0.1) is 0 Å². The van der Waals surface area contributed by atoms with Crippen molar-refractivity contribution >= 4 is 27.2 Å². The van der Waals surface area contributed by atoms with Gasteiger partial charge in [0.05, 0.1) is 12.5 Å². The summed E-state index contributed by atoms with van der Waals surface area (Å²) < 4.78 is 9.34. The Morgan fingerprint density at radius 2 is 2.00 bits per heavy atom. The first-order valence-electron chi connectivity index (χ1n) is 7.24. The highest BCUT2D eigenvalue weighted by molar-refractivity contribution is 7.20. The van der Waals surface area contributed by atoms with Gasteiger partial charge in [-0.25, -0.2) is 9.50 Å². The summed E-state index contributed by atoms with van der Waals surface area (Å²) in [6.07, 6.45) is 5.67. The highest BCUT2D eigenvalue weighted by atomic mass is 32.1. The van der Waals surface area contributed by atoms with Gasteiger partial charge in [-0.2, -0.15) is 5.10 Å². The van der Waals surface area contributed by atoms with Gasteiger partial charge in [-0.3, -0.25) is 0 Å². The zero-order chi connectivity index (χ0) is 15.4. The molecule has 6 heteroatoms. The van der Waals surface area contributed by atoms with Crippen molar-refractivity contribution in [2.45, 2.75) is 0 Å². The second kappa shape index (κ2) is 4.57. The average molecular weight is 320 g/mol. The molecule has 0 fully saturated rings. The summed E-state index contributed by atoms with van der Waals surface area (Å²) in [5, 5.41) is 6.87. The Labute approximate surface area is 135 Å². The predicted molar refractivity (Wildman–Crippen MR) is 90.5 cm³/mol. The zero-order valence-electron chi connectivity index (χ0n) is 12.3. The van der Waals surface area contributed by atoms with Crippen LogP contribution in [0.1, 0.15) is 0 Å². The number of benzene rings is 1. The van der Waals surface area contributed by atoms with Crippen molar-refractivity contribution in [1.29, 1.82) is 0 Å². The molecule has 0 bridgehead atoms. The molecule has 5 rings (SSSR count). The number of rotatable bonds is 2. The molecular formula is C17H12N4OS. The lowest BCUT2D eigenvalue weighted by Crippen LogP contribution is -1.82. The summed E-state index contributed by atoms with van der Waals surface area (Å²) in [5.74, 6) is 0.759. The van der Waals surface area contributed by atoms with Crippen LogP contribution in [0.25, 0.3) is 37.9 Å². The molecule has 4 heterocycles. The molecule has 0 saturated heterocycles. The van der Waals surface area contributed by atoms with Crippen molar-refractivity contribution in [3.05, 3.63) is 55.1 Å². The molecule has 0 unspecified atom stereocenters. The summed E-state index contributed by atoms with van der Waals surface area (Å²) in [6.45, 7) is 0. The highest BCUT2D eigenvalue weighted by Gasteiger charge is 2.15. The van der Waals surface area contributed by atoms with Gasteiger partial charge in [0.15, 0.2) is 5.76 Å². The fourth-order valence-electron chi connectivity index (χ4n) is 2.86. The molecular weight excluding hydrogens is 308 g/mol. The summed E-state index contributed by atoms with van der Waals surface area (Å²) >= 11 is 1.58. The van der Waals surface area contributed by atoms with Crippen LogP contribution in [-0.2, 0) is 7.05 Å². The van der Waals surface area contributed by atoms with E-state index in [1.807, 2.05) is 22.8 Å². The first kappa shape index (κ1) is 12.7. The molecule has 5 nitrogen and oxygen atoms in total. The standard InChI is InChI=1S/C17H12N4OS/c1-20-9-12(11-5-2-3-6-14(11)20)16-19-21-10-13(18-17(21)23-16)15-7-4-8-22-15/h2-10H,1H3. The Balaban J connectivity index is 1.67. The second-order valence-corrected chi connectivity index (χ2v) is 6.36. The van der Waals surface area contributed by atoms with Crippen molar-refractivity contribution < 1.29 is 4.42 Å². The van der Waals surface area contributed by atoms with Crippen molar-refractivity contribution in [3.63, 3.8) is 0 Å². The van der Waals surface area contributed by atoms with E-state index in [-0.39, 0.29) is 0 Å². The van der Waals surface area contributed by atoms with E-state index < -0.39 is 0 Å². The number of imidazole rings is 1. The van der Waals surface area contributed by atoms with Crippen LogP contribution in [0.4, 0.5) is 0 Å². The molecule has 0 spiro atoms. The molecule has 5 aromatic rings. The predicted octanol–water partition coefficient (Wildman–Crippen LogP) is 4.21. The van der Waals surface area contributed by atoms with Crippen molar-refractivity contribution in [2.24, 2.45) is 7.05 Å². The molecule has 23 heavy (non-hydrogen) atoms. The van der Waals surface area contributed by atoms with E-state index in [2.05, 4.69) is 47.1 Å². The summed E-state index contributed by atoms with van der Waals surface area (Å²) in [5.41, 5.74) is 3.14. The van der Waals surface area contributed by atoms with E-state index in [0.717, 1.165) is 27.0 Å². The maximum absolute atomic E-state index is 5.39. The molecule has 0 radical (unpaired) electrons. The van der Waals surface area contributed by atoms with Crippen LogP contribution >= 0.6 is 11.3 Å². The van der Waals surface area contributed by atoms with E-state index in [1.165, 1.54) is 10.9 Å². The van der Waals surface area contributed by atoms with E-state index in [1.54, 1.807) is 17.6 Å². The number of aryl methyl sites for hydroxylation is 1. The van der Waals surface area contributed by atoms with E-state index >= 15 is 0 Å². The normalized spacial score (nSPS) is 11.7. The number of aromatic nitrogens is 4. The quantitative estimate of drug-likeness (QED) is 0.489. The molecule has 0 aliphatic rings. The largest absolute Gasteiger partial charge is 0.463 e. The first-order valence-corrected chi connectivity index (χ1v) is 8.06. The molecule has 1 aromatic carbocycles. The lowest BCUT2D eigenvalue weighted by Gasteiger charge is -1.93. The van der Waals surface area contributed by atoms with Gasteiger partial charge in [-0.05, 0) is 18.2 Å². The van der Waals surface area contributed by atoms with Gasteiger partial charge in [0.2, 0.25) is 4.96 Å². The average Bonchev–Trinajstić information content (AvgIpc) is 3.29. The van der Waals surface area contributed by atoms with Crippen molar-refractivity contribution in [1.82, 2.24) is 19.2 Å². The third-order valence-electron chi connectivity index (χ3n) is 3.94. The SMILES string of the molecule is Cn1cc(-c2nn3cc(-c4ccco4)nc3s2)c2ccccc21. The number of furan rings is 1. The van der Waals surface area contributed by atoms with Gasteiger partial charge in [-0.1, -0.05) is 29.5 Å². The minimum atomic E-state index is 0.759. The Morgan fingerprint density at radius 3 is 2.83 bits per heavy atom. The van der Waals surface area contributed by atoms with Gasteiger partial charge in [0, 0.05) is 29.7 Å².